The number of aromatic nitrogens is 3. The van der Waals surface area contributed by atoms with Gasteiger partial charge in [0.2, 0.25) is 0 Å². The third-order valence-electron chi connectivity index (χ3n) is 5.64. The van der Waals surface area contributed by atoms with Crippen molar-refractivity contribution in [2.75, 3.05) is 5.32 Å². The third-order valence-corrected chi connectivity index (χ3v) is 5.93. The van der Waals surface area contributed by atoms with Crippen LogP contribution in [0.25, 0.3) is 10.9 Å². The highest BCUT2D eigenvalue weighted by Gasteiger charge is 2.39. The molecule has 15 heteroatoms. The van der Waals surface area contributed by atoms with E-state index in [1.165, 1.54) is 0 Å². The zero-order valence-corrected chi connectivity index (χ0v) is 20.2. The molecule has 0 atom stereocenters. The molecule has 0 spiro atoms. The summed E-state index contributed by atoms with van der Waals surface area (Å²) in [5.74, 6) is -5.62. The lowest BCUT2D eigenvalue weighted by atomic mass is 10.1. The zero-order valence-electron chi connectivity index (χ0n) is 19.4. The van der Waals surface area contributed by atoms with E-state index < -0.39 is 75.2 Å². The molecule has 2 aromatic heterocycles. The summed E-state index contributed by atoms with van der Waals surface area (Å²) in [4.78, 5) is 28.7. The number of anilines is 1. The van der Waals surface area contributed by atoms with Crippen LogP contribution in [0.4, 0.5) is 32.0 Å². The van der Waals surface area contributed by atoms with Crippen LogP contribution >= 0.6 is 11.6 Å². The van der Waals surface area contributed by atoms with Crippen molar-refractivity contribution in [3.05, 3.63) is 86.6 Å². The SMILES string of the molecule is Cc1c(NC(=O)c2cc(C(N)=O)nc3cc(F)c(Cl)cc23)c(C(F)(F)F)nn1Cc1c(F)cc(C#N)cc1F. The number of rotatable bonds is 5. The molecule has 0 aliphatic carbocycles. The van der Waals surface area contributed by atoms with Crippen molar-refractivity contribution >= 4 is 40.0 Å². The number of hydrogen-bond acceptors (Lipinski definition) is 5. The largest absolute Gasteiger partial charge is 0.437 e. The molecular weight excluding hydrogens is 554 g/mol. The Kier molecular flexibility index (Phi) is 6.96. The fourth-order valence-corrected chi connectivity index (χ4v) is 3.90. The van der Waals surface area contributed by atoms with Gasteiger partial charge in [0, 0.05) is 17.0 Å². The summed E-state index contributed by atoms with van der Waals surface area (Å²) in [5.41, 5.74) is 0.322. The molecule has 8 nitrogen and oxygen atoms in total. The molecule has 2 heterocycles. The van der Waals surface area contributed by atoms with Gasteiger partial charge in [-0.1, -0.05) is 11.6 Å². The third kappa shape index (κ3) is 5.21. The second kappa shape index (κ2) is 9.91. The predicted octanol–water partition coefficient (Wildman–Crippen LogP) is 5.10. The average Bonchev–Trinajstić information content (AvgIpc) is 3.16. The second-order valence-electron chi connectivity index (χ2n) is 8.15. The number of nitrogens with two attached hydrogens (primary N) is 1. The standard InChI is InChI=1S/C24H13ClF6N6O2/c1-9-20(21(24(29,30)31)36-37(9)8-13-15(26)2-10(7-32)3-16(13)27)35-23(39)12-5-19(22(33)38)34-18-6-17(28)14(25)4-11(12)18/h2-6H,8H2,1H3,(H2,33,38)(H,35,39). The van der Waals surface area contributed by atoms with Crippen LogP contribution < -0.4 is 11.1 Å². The van der Waals surface area contributed by atoms with E-state index in [4.69, 9.17) is 22.6 Å². The fraction of sp³-hybridized carbons (Fsp3) is 0.125. The monoisotopic (exact) mass is 566 g/mol. The van der Waals surface area contributed by atoms with Gasteiger partial charge in [-0.3, -0.25) is 14.3 Å². The van der Waals surface area contributed by atoms with Crippen LogP contribution in [0.15, 0.2) is 30.3 Å². The minimum absolute atomic E-state index is 0.107. The quantitative estimate of drug-likeness (QED) is 0.325. The second-order valence-corrected chi connectivity index (χ2v) is 8.56. The Hall–Kier alpha value is -4.64. The van der Waals surface area contributed by atoms with E-state index in [2.05, 4.69) is 15.4 Å². The molecule has 0 unspecified atom stereocenters. The Bertz CT molecular complexity index is 1700. The van der Waals surface area contributed by atoms with Crippen molar-refractivity contribution in [3.63, 3.8) is 0 Å². The number of nitrogens with one attached hydrogen (secondary N) is 1. The number of halogens is 7. The van der Waals surface area contributed by atoms with Crippen molar-refractivity contribution in [1.82, 2.24) is 14.8 Å². The van der Waals surface area contributed by atoms with Crippen molar-refractivity contribution < 1.29 is 35.9 Å². The van der Waals surface area contributed by atoms with E-state index in [9.17, 15) is 35.9 Å². The highest BCUT2D eigenvalue weighted by Crippen LogP contribution is 2.37. The summed E-state index contributed by atoms with van der Waals surface area (Å²) in [5, 5.41) is 13.8. The highest BCUT2D eigenvalue weighted by molar-refractivity contribution is 6.31. The van der Waals surface area contributed by atoms with Crippen molar-refractivity contribution in [2.24, 2.45) is 5.73 Å². The number of alkyl halides is 3. The lowest BCUT2D eigenvalue weighted by Crippen LogP contribution is -2.19. The number of pyridine rings is 1. The molecule has 0 aliphatic heterocycles. The Morgan fingerprint density at radius 1 is 1.10 bits per heavy atom. The molecule has 0 radical (unpaired) electrons. The number of benzene rings is 2. The van der Waals surface area contributed by atoms with E-state index in [1.807, 2.05) is 0 Å². The van der Waals surface area contributed by atoms with Gasteiger partial charge in [0.25, 0.3) is 11.8 Å². The van der Waals surface area contributed by atoms with Gasteiger partial charge >= 0.3 is 6.18 Å². The summed E-state index contributed by atoms with van der Waals surface area (Å²) in [6, 6.07) is 5.67. The summed E-state index contributed by atoms with van der Waals surface area (Å²) >= 11 is 5.79. The van der Waals surface area contributed by atoms with Crippen LogP contribution in [-0.4, -0.2) is 26.6 Å². The number of nitrogens with zero attached hydrogens (tertiary/aromatic N) is 4. The number of fused-ring (bicyclic) bond motifs is 1. The van der Waals surface area contributed by atoms with Crippen molar-refractivity contribution in [2.45, 2.75) is 19.6 Å². The van der Waals surface area contributed by atoms with Gasteiger partial charge in [-0.25, -0.2) is 18.2 Å². The van der Waals surface area contributed by atoms with Crippen molar-refractivity contribution in [3.8, 4) is 6.07 Å². The molecule has 0 saturated carbocycles. The first-order valence-corrected chi connectivity index (χ1v) is 11.0. The maximum atomic E-state index is 14.4. The number of primary amides is 1. The van der Waals surface area contributed by atoms with Gasteiger partial charge in [-0.05, 0) is 31.2 Å². The average molecular weight is 567 g/mol. The molecule has 2 amide bonds. The first-order chi connectivity index (χ1) is 18.2. The lowest BCUT2D eigenvalue weighted by molar-refractivity contribution is -0.140. The van der Waals surface area contributed by atoms with E-state index in [0.29, 0.717) is 16.8 Å². The number of amides is 2. The number of carbonyl (C=O) groups is 2. The van der Waals surface area contributed by atoms with Crippen LogP contribution in [0.2, 0.25) is 5.02 Å². The summed E-state index contributed by atoms with van der Waals surface area (Å²) in [6.45, 7) is 0.302. The minimum Gasteiger partial charge on any atom is -0.364 e. The summed E-state index contributed by atoms with van der Waals surface area (Å²) < 4.78 is 85.0. The Morgan fingerprint density at radius 3 is 2.31 bits per heavy atom. The minimum atomic E-state index is -5.12. The normalized spacial score (nSPS) is 11.5. The molecule has 3 N–H and O–H groups in total. The van der Waals surface area contributed by atoms with Crippen molar-refractivity contribution in [1.29, 1.82) is 5.26 Å². The maximum Gasteiger partial charge on any atom is 0.437 e. The van der Waals surface area contributed by atoms with E-state index in [-0.39, 0.29) is 22.2 Å². The molecular formula is C24H13ClF6N6O2. The molecule has 0 fully saturated rings. The molecule has 39 heavy (non-hydrogen) atoms. The number of carbonyl (C=O) groups excluding carboxylic acids is 2. The van der Waals surface area contributed by atoms with Crippen LogP contribution in [0.3, 0.4) is 0 Å². The number of nitriles is 1. The molecule has 200 valence electrons. The van der Waals surface area contributed by atoms with Gasteiger partial charge in [-0.2, -0.15) is 23.5 Å². The molecule has 0 aliphatic rings. The summed E-state index contributed by atoms with van der Waals surface area (Å²) in [7, 11) is 0. The first-order valence-electron chi connectivity index (χ1n) is 10.6. The van der Waals surface area contributed by atoms with E-state index in [0.717, 1.165) is 25.1 Å². The summed E-state index contributed by atoms with van der Waals surface area (Å²) in [6.07, 6.45) is -5.12. The highest BCUT2D eigenvalue weighted by atomic mass is 35.5. The Morgan fingerprint density at radius 2 is 1.74 bits per heavy atom. The van der Waals surface area contributed by atoms with Crippen LogP contribution in [-0.2, 0) is 12.7 Å². The van der Waals surface area contributed by atoms with E-state index >= 15 is 0 Å². The van der Waals surface area contributed by atoms with Gasteiger partial charge in [0.1, 0.15) is 23.1 Å². The van der Waals surface area contributed by atoms with Gasteiger partial charge < -0.3 is 11.1 Å². The first kappa shape index (κ1) is 27.4. The molecule has 0 bridgehead atoms. The molecule has 4 rings (SSSR count). The van der Waals surface area contributed by atoms with Gasteiger partial charge in [-0.15, -0.1) is 0 Å². The molecule has 2 aromatic carbocycles. The zero-order chi connectivity index (χ0) is 28.8. The van der Waals surface area contributed by atoms with E-state index in [1.54, 1.807) is 6.07 Å². The van der Waals surface area contributed by atoms with Gasteiger partial charge in [0.05, 0.1) is 45.7 Å². The number of hydrogen-bond donors (Lipinski definition) is 2. The Labute approximate surface area is 219 Å². The predicted molar refractivity (Wildman–Crippen MR) is 125 cm³/mol. The fourth-order valence-electron chi connectivity index (χ4n) is 3.73. The smallest absolute Gasteiger partial charge is 0.364 e. The maximum absolute atomic E-state index is 14.4. The molecule has 0 saturated heterocycles. The molecule has 4 aromatic rings. The lowest BCUT2D eigenvalue weighted by Gasteiger charge is -2.12. The van der Waals surface area contributed by atoms with Crippen LogP contribution in [0.5, 0.6) is 0 Å². The van der Waals surface area contributed by atoms with Crippen LogP contribution in [0, 0.1) is 35.7 Å². The van der Waals surface area contributed by atoms with Crippen LogP contribution in [0.1, 0.15) is 43.4 Å². The Balaban J connectivity index is 1.82. The van der Waals surface area contributed by atoms with Gasteiger partial charge in [0.15, 0.2) is 5.69 Å². The topological polar surface area (TPSA) is 127 Å².